The SMILES string of the molecule is O=C(O)CCC(Cc1ccccc1)NC(=O)C1(c2ccccc2)CC1. The number of hydrogen-bond donors (Lipinski definition) is 2. The van der Waals surface area contributed by atoms with E-state index in [1.165, 1.54) is 0 Å². The predicted octanol–water partition coefficient (Wildman–Crippen LogP) is 3.31. The summed E-state index contributed by atoms with van der Waals surface area (Å²) in [5.74, 6) is -0.818. The van der Waals surface area contributed by atoms with Gasteiger partial charge in [-0.15, -0.1) is 0 Å². The molecular formula is C21H23NO3. The van der Waals surface area contributed by atoms with Crippen LogP contribution in [0.4, 0.5) is 0 Å². The Balaban J connectivity index is 1.70. The molecule has 1 saturated carbocycles. The van der Waals surface area contributed by atoms with E-state index in [-0.39, 0.29) is 18.4 Å². The van der Waals surface area contributed by atoms with Crippen molar-refractivity contribution in [1.82, 2.24) is 5.32 Å². The molecule has 0 spiro atoms. The van der Waals surface area contributed by atoms with E-state index in [9.17, 15) is 9.59 Å². The third-order valence-corrected chi connectivity index (χ3v) is 4.88. The molecule has 0 heterocycles. The molecule has 0 aromatic heterocycles. The third kappa shape index (κ3) is 4.27. The minimum absolute atomic E-state index is 0.0185. The van der Waals surface area contributed by atoms with Gasteiger partial charge >= 0.3 is 5.97 Å². The van der Waals surface area contributed by atoms with Gasteiger partial charge in [0, 0.05) is 12.5 Å². The van der Waals surface area contributed by atoms with Crippen molar-refractivity contribution < 1.29 is 14.7 Å². The zero-order chi connectivity index (χ0) is 17.7. The second kappa shape index (κ2) is 7.51. The highest BCUT2D eigenvalue weighted by molar-refractivity contribution is 5.91. The summed E-state index contributed by atoms with van der Waals surface area (Å²) in [5, 5.41) is 12.1. The summed E-state index contributed by atoms with van der Waals surface area (Å²) in [7, 11) is 0. The molecule has 0 radical (unpaired) electrons. The van der Waals surface area contributed by atoms with Gasteiger partial charge in [0.15, 0.2) is 0 Å². The molecule has 25 heavy (non-hydrogen) atoms. The van der Waals surface area contributed by atoms with Crippen LogP contribution in [0.1, 0.15) is 36.8 Å². The van der Waals surface area contributed by atoms with Gasteiger partial charge in [0.05, 0.1) is 5.41 Å². The first kappa shape index (κ1) is 17.2. The lowest BCUT2D eigenvalue weighted by Crippen LogP contribution is -2.43. The smallest absolute Gasteiger partial charge is 0.303 e. The van der Waals surface area contributed by atoms with E-state index >= 15 is 0 Å². The van der Waals surface area contributed by atoms with Crippen LogP contribution in [-0.2, 0) is 21.4 Å². The molecule has 1 fully saturated rings. The number of benzene rings is 2. The van der Waals surface area contributed by atoms with Crippen LogP contribution in [0, 0.1) is 0 Å². The molecule has 0 aliphatic heterocycles. The number of carbonyl (C=O) groups is 2. The summed E-state index contributed by atoms with van der Waals surface area (Å²) < 4.78 is 0. The van der Waals surface area contributed by atoms with Crippen LogP contribution in [0.25, 0.3) is 0 Å². The Morgan fingerprint density at radius 1 is 1.00 bits per heavy atom. The Morgan fingerprint density at radius 2 is 1.60 bits per heavy atom. The molecule has 2 N–H and O–H groups in total. The van der Waals surface area contributed by atoms with Crippen molar-refractivity contribution in [1.29, 1.82) is 0 Å². The van der Waals surface area contributed by atoms with Crippen molar-refractivity contribution in [2.75, 3.05) is 0 Å². The van der Waals surface area contributed by atoms with E-state index in [0.717, 1.165) is 24.0 Å². The second-order valence-corrected chi connectivity index (χ2v) is 6.74. The summed E-state index contributed by atoms with van der Waals surface area (Å²) in [6.07, 6.45) is 2.82. The van der Waals surface area contributed by atoms with Gasteiger partial charge in [0.25, 0.3) is 0 Å². The summed E-state index contributed by atoms with van der Waals surface area (Å²) in [6, 6.07) is 19.5. The minimum Gasteiger partial charge on any atom is -0.481 e. The van der Waals surface area contributed by atoms with Crippen LogP contribution >= 0.6 is 0 Å². The van der Waals surface area contributed by atoms with Crippen molar-refractivity contribution in [3.05, 3.63) is 71.8 Å². The molecule has 1 atom stereocenters. The number of hydrogen-bond acceptors (Lipinski definition) is 2. The standard InChI is InChI=1S/C21H23NO3/c23-19(24)12-11-18(15-16-7-3-1-4-8-16)22-20(25)21(13-14-21)17-9-5-2-6-10-17/h1-10,18H,11-15H2,(H,22,25)(H,23,24). The van der Waals surface area contributed by atoms with Gasteiger partial charge in [-0.25, -0.2) is 0 Å². The lowest BCUT2D eigenvalue weighted by Gasteiger charge is -2.23. The molecule has 0 saturated heterocycles. The molecule has 2 aromatic carbocycles. The van der Waals surface area contributed by atoms with Gasteiger partial charge in [-0.05, 0) is 36.8 Å². The normalized spacial score (nSPS) is 16.0. The number of carbonyl (C=O) groups excluding carboxylic acids is 1. The van der Waals surface area contributed by atoms with Gasteiger partial charge in [0.2, 0.25) is 5.91 Å². The molecule has 1 aliphatic carbocycles. The molecule has 0 bridgehead atoms. The number of nitrogens with one attached hydrogen (secondary N) is 1. The van der Waals surface area contributed by atoms with Gasteiger partial charge in [-0.2, -0.15) is 0 Å². The Kier molecular flexibility index (Phi) is 5.17. The molecule has 4 heteroatoms. The molecular weight excluding hydrogens is 314 g/mol. The van der Waals surface area contributed by atoms with Crippen molar-refractivity contribution in [2.24, 2.45) is 0 Å². The van der Waals surface area contributed by atoms with Crippen molar-refractivity contribution >= 4 is 11.9 Å². The topological polar surface area (TPSA) is 66.4 Å². The van der Waals surface area contributed by atoms with Crippen LogP contribution < -0.4 is 5.32 Å². The van der Waals surface area contributed by atoms with Crippen LogP contribution in [0.3, 0.4) is 0 Å². The molecule has 3 rings (SSSR count). The maximum Gasteiger partial charge on any atom is 0.303 e. The first-order valence-corrected chi connectivity index (χ1v) is 8.72. The monoisotopic (exact) mass is 337 g/mol. The Morgan fingerprint density at radius 3 is 2.16 bits per heavy atom. The maximum atomic E-state index is 12.9. The minimum atomic E-state index is -0.837. The van der Waals surface area contributed by atoms with Crippen LogP contribution in [0.15, 0.2) is 60.7 Å². The van der Waals surface area contributed by atoms with Crippen LogP contribution in [-0.4, -0.2) is 23.0 Å². The number of amides is 1. The van der Waals surface area contributed by atoms with Crippen molar-refractivity contribution in [2.45, 2.75) is 43.6 Å². The summed E-state index contributed by atoms with van der Waals surface area (Å²) in [6.45, 7) is 0. The van der Waals surface area contributed by atoms with Crippen molar-refractivity contribution in [3.63, 3.8) is 0 Å². The number of aliphatic carboxylic acids is 1. The number of carboxylic acid groups (broad SMARTS) is 1. The van der Waals surface area contributed by atoms with E-state index in [2.05, 4.69) is 5.32 Å². The highest BCUT2D eigenvalue weighted by Crippen LogP contribution is 2.48. The van der Waals surface area contributed by atoms with E-state index in [1.807, 2.05) is 60.7 Å². The molecule has 4 nitrogen and oxygen atoms in total. The molecule has 130 valence electrons. The van der Waals surface area contributed by atoms with E-state index < -0.39 is 11.4 Å². The average molecular weight is 337 g/mol. The zero-order valence-corrected chi connectivity index (χ0v) is 14.2. The lowest BCUT2D eigenvalue weighted by molar-refractivity contribution is -0.137. The predicted molar refractivity (Wildman–Crippen MR) is 96.3 cm³/mol. The Hall–Kier alpha value is -2.62. The quantitative estimate of drug-likeness (QED) is 0.776. The number of rotatable bonds is 8. The Labute approximate surface area is 147 Å². The van der Waals surface area contributed by atoms with E-state index in [1.54, 1.807) is 0 Å². The summed E-state index contributed by atoms with van der Waals surface area (Å²) in [4.78, 5) is 23.9. The average Bonchev–Trinajstić information content (AvgIpc) is 3.43. The molecule has 1 aliphatic rings. The third-order valence-electron chi connectivity index (χ3n) is 4.88. The molecule has 1 unspecified atom stereocenters. The fraction of sp³-hybridized carbons (Fsp3) is 0.333. The fourth-order valence-electron chi connectivity index (χ4n) is 3.27. The summed E-state index contributed by atoms with van der Waals surface area (Å²) >= 11 is 0. The first-order chi connectivity index (χ1) is 12.1. The zero-order valence-electron chi connectivity index (χ0n) is 14.2. The fourth-order valence-corrected chi connectivity index (χ4v) is 3.27. The van der Waals surface area contributed by atoms with Gasteiger partial charge in [0.1, 0.15) is 0 Å². The van der Waals surface area contributed by atoms with Gasteiger partial charge in [-0.1, -0.05) is 60.7 Å². The van der Waals surface area contributed by atoms with E-state index in [4.69, 9.17) is 5.11 Å². The largest absolute Gasteiger partial charge is 0.481 e. The molecule has 2 aromatic rings. The van der Waals surface area contributed by atoms with Crippen molar-refractivity contribution in [3.8, 4) is 0 Å². The highest BCUT2D eigenvalue weighted by Gasteiger charge is 2.51. The lowest BCUT2D eigenvalue weighted by atomic mass is 9.93. The molecule has 1 amide bonds. The Bertz CT molecular complexity index is 723. The van der Waals surface area contributed by atoms with E-state index in [0.29, 0.717) is 12.8 Å². The van der Waals surface area contributed by atoms with Gasteiger partial charge in [-0.3, -0.25) is 9.59 Å². The highest BCUT2D eigenvalue weighted by atomic mass is 16.4. The summed E-state index contributed by atoms with van der Waals surface area (Å²) in [5.41, 5.74) is 1.71. The van der Waals surface area contributed by atoms with Crippen LogP contribution in [0.5, 0.6) is 0 Å². The van der Waals surface area contributed by atoms with Crippen LogP contribution in [0.2, 0.25) is 0 Å². The second-order valence-electron chi connectivity index (χ2n) is 6.74. The van der Waals surface area contributed by atoms with Gasteiger partial charge < -0.3 is 10.4 Å². The maximum absolute atomic E-state index is 12.9. The first-order valence-electron chi connectivity index (χ1n) is 8.72. The number of carboxylic acids is 1.